The van der Waals surface area contributed by atoms with E-state index < -0.39 is 27.1 Å². The van der Waals surface area contributed by atoms with E-state index in [2.05, 4.69) is 14.7 Å². The summed E-state index contributed by atoms with van der Waals surface area (Å²) >= 11 is 1.47. The van der Waals surface area contributed by atoms with Gasteiger partial charge in [-0.3, -0.25) is 9.78 Å². The number of nitrogens with zero attached hydrogens (tertiary/aromatic N) is 3. The first-order chi connectivity index (χ1) is 17.5. The number of anilines is 1. The lowest BCUT2D eigenvalue weighted by molar-refractivity contribution is -0.132. The van der Waals surface area contributed by atoms with E-state index >= 15 is 0 Å². The van der Waals surface area contributed by atoms with Crippen LogP contribution in [0.2, 0.25) is 0 Å². The molecule has 2 aromatic heterocycles. The molecule has 5 rings (SSSR count). The largest absolute Gasteiger partial charge is 0.372 e. The van der Waals surface area contributed by atoms with Gasteiger partial charge in [0, 0.05) is 29.7 Å². The van der Waals surface area contributed by atoms with Crippen molar-refractivity contribution in [1.82, 2.24) is 14.7 Å². The van der Waals surface area contributed by atoms with E-state index in [-0.39, 0.29) is 11.4 Å². The predicted molar refractivity (Wildman–Crippen MR) is 142 cm³/mol. The molecule has 2 N–H and O–H groups in total. The highest BCUT2D eigenvalue weighted by Gasteiger charge is 2.51. The van der Waals surface area contributed by atoms with Crippen molar-refractivity contribution < 1.29 is 18.3 Å². The van der Waals surface area contributed by atoms with Gasteiger partial charge in [-0.05, 0) is 62.2 Å². The second kappa shape index (κ2) is 9.14. The van der Waals surface area contributed by atoms with Crippen molar-refractivity contribution >= 4 is 33.0 Å². The molecule has 0 fully saturated rings. The number of rotatable bonds is 6. The highest BCUT2D eigenvalue weighted by atomic mass is 32.2. The van der Waals surface area contributed by atoms with Crippen LogP contribution in [0.3, 0.4) is 0 Å². The van der Waals surface area contributed by atoms with Crippen LogP contribution in [0.15, 0.2) is 84.1 Å². The van der Waals surface area contributed by atoms with E-state index in [0.717, 1.165) is 10.4 Å². The molecule has 8 nitrogen and oxygen atoms in total. The number of aliphatic hydroxyl groups is 1. The standard InChI is InChI=1S/C27H26N4O4S2/c1-26(2,3)30-37(34,35)20-10-8-19(9-11-20)27(33)21-6-4-5-7-22(21)31(25(27)32)17-24-29-16-23(36-24)18-12-14-28-15-13-18/h4-16,30,33H,17H2,1-3H3. The van der Waals surface area contributed by atoms with Crippen LogP contribution in [0.25, 0.3) is 10.4 Å². The van der Waals surface area contributed by atoms with E-state index in [0.29, 0.717) is 21.8 Å². The number of fused-ring (bicyclic) bond motifs is 1. The van der Waals surface area contributed by atoms with Gasteiger partial charge in [-0.25, -0.2) is 18.1 Å². The zero-order valence-electron chi connectivity index (χ0n) is 20.5. The maximum absolute atomic E-state index is 13.7. The number of para-hydroxylation sites is 1. The molecule has 0 saturated heterocycles. The number of benzene rings is 2. The van der Waals surface area contributed by atoms with Crippen molar-refractivity contribution in [2.24, 2.45) is 0 Å². The van der Waals surface area contributed by atoms with Crippen molar-refractivity contribution in [3.63, 3.8) is 0 Å². The molecule has 0 saturated carbocycles. The second-order valence-corrected chi connectivity index (χ2v) is 12.7. The summed E-state index contributed by atoms with van der Waals surface area (Å²) in [4.78, 5) is 24.8. The van der Waals surface area contributed by atoms with E-state index in [1.54, 1.807) is 57.6 Å². The van der Waals surface area contributed by atoms with Gasteiger partial charge in [-0.1, -0.05) is 30.3 Å². The lowest BCUT2D eigenvalue weighted by atomic mass is 9.87. The number of nitrogens with one attached hydrogen (secondary N) is 1. The Morgan fingerprint density at radius 3 is 2.38 bits per heavy atom. The molecule has 1 aliphatic rings. The summed E-state index contributed by atoms with van der Waals surface area (Å²) in [6.45, 7) is 5.46. The van der Waals surface area contributed by atoms with Gasteiger partial charge in [0.2, 0.25) is 10.0 Å². The van der Waals surface area contributed by atoms with E-state index in [9.17, 15) is 18.3 Å². The third-order valence-corrected chi connectivity index (χ3v) is 8.78. The van der Waals surface area contributed by atoms with Gasteiger partial charge in [-0.15, -0.1) is 11.3 Å². The smallest absolute Gasteiger partial charge is 0.268 e. The Balaban J connectivity index is 1.47. The minimum absolute atomic E-state index is 0.0526. The van der Waals surface area contributed by atoms with Gasteiger partial charge < -0.3 is 10.0 Å². The highest BCUT2D eigenvalue weighted by Crippen LogP contribution is 2.45. The molecular formula is C27H26N4O4S2. The fourth-order valence-electron chi connectivity index (χ4n) is 4.38. The first-order valence-electron chi connectivity index (χ1n) is 11.6. The number of amides is 1. The molecule has 4 aromatic rings. The third-order valence-electron chi connectivity index (χ3n) is 5.97. The Hall–Kier alpha value is -3.44. The molecule has 1 unspecified atom stereocenters. The fraction of sp³-hybridized carbons (Fsp3) is 0.222. The van der Waals surface area contributed by atoms with Crippen LogP contribution < -0.4 is 9.62 Å². The SMILES string of the molecule is CC(C)(C)NS(=O)(=O)c1ccc(C2(O)C(=O)N(Cc3ncc(-c4ccncc4)s3)c3ccccc32)cc1. The van der Waals surface area contributed by atoms with E-state index in [1.165, 1.54) is 40.5 Å². The van der Waals surface area contributed by atoms with E-state index in [4.69, 9.17) is 0 Å². The van der Waals surface area contributed by atoms with Crippen LogP contribution in [0.1, 0.15) is 36.9 Å². The van der Waals surface area contributed by atoms with Crippen LogP contribution in [-0.4, -0.2) is 34.9 Å². The zero-order valence-corrected chi connectivity index (χ0v) is 22.2. The number of pyridine rings is 1. The summed E-state index contributed by atoms with van der Waals surface area (Å²) in [6, 6.07) is 16.6. The number of carbonyl (C=O) groups is 1. The molecule has 3 heterocycles. The van der Waals surface area contributed by atoms with Crippen LogP contribution in [0.5, 0.6) is 0 Å². The van der Waals surface area contributed by atoms with E-state index in [1.807, 2.05) is 18.2 Å². The van der Waals surface area contributed by atoms with Crippen LogP contribution in [-0.2, 0) is 27.0 Å². The van der Waals surface area contributed by atoms with Crippen LogP contribution >= 0.6 is 11.3 Å². The Bertz CT molecular complexity index is 1560. The quantitative estimate of drug-likeness (QED) is 0.386. The normalized spacial score (nSPS) is 17.7. The monoisotopic (exact) mass is 534 g/mol. The van der Waals surface area contributed by atoms with Crippen molar-refractivity contribution in [2.45, 2.75) is 43.4 Å². The topological polar surface area (TPSA) is 112 Å². The third kappa shape index (κ3) is 4.69. The average Bonchev–Trinajstić information content (AvgIpc) is 3.42. The molecule has 0 spiro atoms. The maximum Gasteiger partial charge on any atom is 0.268 e. The predicted octanol–water partition coefficient (Wildman–Crippen LogP) is 4.06. The number of aromatic nitrogens is 2. The minimum atomic E-state index is -3.76. The van der Waals surface area contributed by atoms with Crippen molar-refractivity contribution in [3.05, 3.63) is 95.4 Å². The summed E-state index contributed by atoms with van der Waals surface area (Å²) in [5.74, 6) is -0.516. The molecule has 2 aromatic carbocycles. The van der Waals surface area contributed by atoms with Gasteiger partial charge in [0.05, 0.1) is 22.0 Å². The van der Waals surface area contributed by atoms with Crippen LogP contribution in [0, 0.1) is 0 Å². The molecule has 0 aliphatic carbocycles. The highest BCUT2D eigenvalue weighted by molar-refractivity contribution is 7.89. The van der Waals surface area contributed by atoms with Gasteiger partial charge in [0.25, 0.3) is 5.91 Å². The summed E-state index contributed by atoms with van der Waals surface area (Å²) < 4.78 is 28.1. The number of carbonyl (C=O) groups excluding carboxylic acids is 1. The molecule has 190 valence electrons. The Morgan fingerprint density at radius 2 is 1.70 bits per heavy atom. The van der Waals surface area contributed by atoms with Crippen molar-refractivity contribution in [2.75, 3.05) is 4.90 Å². The van der Waals surface area contributed by atoms with Gasteiger partial charge in [0.1, 0.15) is 5.01 Å². The molecule has 0 radical (unpaired) electrons. The van der Waals surface area contributed by atoms with Crippen molar-refractivity contribution in [3.8, 4) is 10.4 Å². The van der Waals surface area contributed by atoms with Crippen molar-refractivity contribution in [1.29, 1.82) is 0 Å². The second-order valence-electron chi connectivity index (χ2n) is 9.85. The molecular weight excluding hydrogens is 508 g/mol. The fourth-order valence-corrected chi connectivity index (χ4v) is 6.71. The molecule has 37 heavy (non-hydrogen) atoms. The number of thiazole rings is 1. The average molecular weight is 535 g/mol. The summed E-state index contributed by atoms with van der Waals surface area (Å²) in [6.07, 6.45) is 5.19. The molecule has 1 aliphatic heterocycles. The number of hydrogen-bond acceptors (Lipinski definition) is 7. The number of hydrogen-bond donors (Lipinski definition) is 2. The lowest BCUT2D eigenvalue weighted by Crippen LogP contribution is -2.41. The first-order valence-corrected chi connectivity index (χ1v) is 13.9. The molecule has 10 heteroatoms. The van der Waals surface area contributed by atoms with Gasteiger partial charge in [0.15, 0.2) is 5.60 Å². The van der Waals surface area contributed by atoms with Gasteiger partial charge in [-0.2, -0.15) is 0 Å². The first kappa shape index (κ1) is 25.2. The number of sulfonamides is 1. The Labute approximate surface area is 219 Å². The summed E-state index contributed by atoms with van der Waals surface area (Å²) in [5, 5.41) is 12.5. The zero-order chi connectivity index (χ0) is 26.4. The maximum atomic E-state index is 13.7. The Morgan fingerprint density at radius 1 is 1.03 bits per heavy atom. The Kier molecular flexibility index (Phi) is 6.23. The minimum Gasteiger partial charge on any atom is -0.372 e. The van der Waals surface area contributed by atoms with Crippen LogP contribution in [0.4, 0.5) is 5.69 Å². The molecule has 1 atom stereocenters. The summed E-state index contributed by atoms with van der Waals surface area (Å²) in [5.41, 5.74) is -0.306. The molecule has 0 bridgehead atoms. The lowest BCUT2D eigenvalue weighted by Gasteiger charge is -2.24. The summed E-state index contributed by atoms with van der Waals surface area (Å²) in [7, 11) is -3.76. The molecule has 1 amide bonds. The van der Waals surface area contributed by atoms with Gasteiger partial charge >= 0.3 is 0 Å².